The maximum absolute atomic E-state index is 12.6. The van der Waals surface area contributed by atoms with Gasteiger partial charge in [0, 0.05) is 36.6 Å². The number of carbonyl (C=O) groups excluding carboxylic acids is 2. The molecule has 39 heavy (non-hydrogen) atoms. The number of nitrogens with zero attached hydrogens (tertiary/aromatic N) is 3. The first-order chi connectivity index (χ1) is 18.9. The molecule has 1 unspecified atom stereocenters. The third kappa shape index (κ3) is 6.19. The molecule has 5 rings (SSSR count). The summed E-state index contributed by atoms with van der Waals surface area (Å²) in [7, 11) is 1.36. The molecule has 0 radical (unpaired) electrons. The van der Waals surface area contributed by atoms with Crippen LogP contribution < -0.4 is 5.73 Å². The molecule has 7 heteroatoms. The Labute approximate surface area is 230 Å². The highest BCUT2D eigenvalue weighted by molar-refractivity contribution is 5.85. The highest BCUT2D eigenvalue weighted by Gasteiger charge is 2.38. The van der Waals surface area contributed by atoms with Crippen molar-refractivity contribution in [3.63, 3.8) is 0 Å². The standard InChI is InChI=1S/C32H38N4O3/c1-3-21-4-8-23(9-5-21)24-12-14-25(15-13-24)27-17-34-30(35-18-27)26-10-6-22(7-11-26)16-29(33)31(37)36-19-28(20-36)32(38)39-2/h6-7,10-15,17-18,21,23,28-29H,3-5,8-9,16,19-20,33H2,1-2H3. The highest BCUT2D eigenvalue weighted by atomic mass is 16.5. The van der Waals surface area contributed by atoms with Crippen LogP contribution in [0.5, 0.6) is 0 Å². The number of carbonyl (C=O) groups is 2. The molecular formula is C32H38N4O3. The molecule has 2 aromatic carbocycles. The summed E-state index contributed by atoms with van der Waals surface area (Å²) in [6.07, 6.45) is 10.8. The number of hydrogen-bond acceptors (Lipinski definition) is 6. The largest absolute Gasteiger partial charge is 0.469 e. The van der Waals surface area contributed by atoms with Gasteiger partial charge in [-0.2, -0.15) is 0 Å². The molecule has 204 valence electrons. The number of hydrogen-bond donors (Lipinski definition) is 1. The summed E-state index contributed by atoms with van der Waals surface area (Å²) in [5.74, 6) is 1.58. The van der Waals surface area contributed by atoms with E-state index in [9.17, 15) is 9.59 Å². The first-order valence-electron chi connectivity index (χ1n) is 14.1. The summed E-state index contributed by atoms with van der Waals surface area (Å²) in [4.78, 5) is 35.0. The van der Waals surface area contributed by atoms with Crippen LogP contribution in [-0.4, -0.2) is 53.0 Å². The lowest BCUT2D eigenvalue weighted by Gasteiger charge is -2.38. The van der Waals surface area contributed by atoms with Crippen molar-refractivity contribution in [3.05, 3.63) is 72.1 Å². The number of esters is 1. The zero-order chi connectivity index (χ0) is 27.4. The van der Waals surface area contributed by atoms with Gasteiger partial charge < -0.3 is 15.4 Å². The van der Waals surface area contributed by atoms with Gasteiger partial charge in [-0.1, -0.05) is 61.9 Å². The molecule has 2 N–H and O–H groups in total. The van der Waals surface area contributed by atoms with E-state index in [0.717, 1.165) is 28.2 Å². The molecule has 1 aliphatic heterocycles. The summed E-state index contributed by atoms with van der Waals surface area (Å²) >= 11 is 0. The molecule has 2 heterocycles. The Kier molecular flexibility index (Phi) is 8.36. The Balaban J connectivity index is 1.15. The number of nitrogens with two attached hydrogens (primary N) is 1. The summed E-state index contributed by atoms with van der Waals surface area (Å²) in [5.41, 5.74) is 11.6. The lowest BCUT2D eigenvalue weighted by molar-refractivity contribution is -0.156. The predicted octanol–water partition coefficient (Wildman–Crippen LogP) is 5.00. The van der Waals surface area contributed by atoms with Gasteiger partial charge in [0.05, 0.1) is 19.1 Å². The maximum Gasteiger partial charge on any atom is 0.312 e. The minimum Gasteiger partial charge on any atom is -0.469 e. The van der Waals surface area contributed by atoms with Crippen LogP contribution in [0.25, 0.3) is 22.5 Å². The van der Waals surface area contributed by atoms with E-state index >= 15 is 0 Å². The number of ether oxygens (including phenoxy) is 1. The van der Waals surface area contributed by atoms with Crippen molar-refractivity contribution in [2.24, 2.45) is 17.6 Å². The van der Waals surface area contributed by atoms with Crippen molar-refractivity contribution < 1.29 is 14.3 Å². The molecule has 2 aliphatic rings. The minimum atomic E-state index is -0.650. The molecule has 1 saturated heterocycles. The average molecular weight is 527 g/mol. The van der Waals surface area contributed by atoms with Gasteiger partial charge in [0.15, 0.2) is 5.82 Å². The fourth-order valence-corrected chi connectivity index (χ4v) is 5.82. The van der Waals surface area contributed by atoms with Crippen molar-refractivity contribution >= 4 is 11.9 Å². The number of rotatable bonds is 8. The summed E-state index contributed by atoms with van der Waals surface area (Å²) in [6.45, 7) is 3.05. The van der Waals surface area contributed by atoms with E-state index < -0.39 is 6.04 Å². The van der Waals surface area contributed by atoms with Crippen LogP contribution in [0.1, 0.15) is 56.1 Å². The van der Waals surface area contributed by atoms with Crippen LogP contribution in [0.3, 0.4) is 0 Å². The van der Waals surface area contributed by atoms with E-state index in [1.807, 2.05) is 36.7 Å². The van der Waals surface area contributed by atoms with Gasteiger partial charge in [-0.3, -0.25) is 9.59 Å². The van der Waals surface area contributed by atoms with Gasteiger partial charge in [-0.05, 0) is 60.6 Å². The van der Waals surface area contributed by atoms with Gasteiger partial charge >= 0.3 is 5.97 Å². The van der Waals surface area contributed by atoms with Crippen LogP contribution in [0.15, 0.2) is 60.9 Å². The Bertz CT molecular complexity index is 1260. The van der Waals surface area contributed by atoms with Crippen molar-refractivity contribution in [2.75, 3.05) is 20.2 Å². The average Bonchev–Trinajstić information content (AvgIpc) is 2.97. The van der Waals surface area contributed by atoms with Crippen molar-refractivity contribution in [1.82, 2.24) is 14.9 Å². The van der Waals surface area contributed by atoms with Gasteiger partial charge in [-0.15, -0.1) is 0 Å². The first-order valence-corrected chi connectivity index (χ1v) is 14.1. The summed E-state index contributed by atoms with van der Waals surface area (Å²) in [6, 6.07) is 16.1. The van der Waals surface area contributed by atoms with Crippen LogP contribution in [0, 0.1) is 11.8 Å². The number of likely N-dealkylation sites (tertiary alicyclic amines) is 1. The van der Waals surface area contributed by atoms with E-state index in [-0.39, 0.29) is 17.8 Å². The zero-order valence-corrected chi connectivity index (χ0v) is 22.9. The summed E-state index contributed by atoms with van der Waals surface area (Å²) in [5, 5.41) is 0. The van der Waals surface area contributed by atoms with Crippen LogP contribution in [-0.2, 0) is 20.7 Å². The molecule has 1 aliphatic carbocycles. The van der Waals surface area contributed by atoms with Gasteiger partial charge in [0.25, 0.3) is 0 Å². The lowest BCUT2D eigenvalue weighted by Crippen LogP contribution is -2.57. The monoisotopic (exact) mass is 526 g/mol. The fourth-order valence-electron chi connectivity index (χ4n) is 5.82. The van der Waals surface area contributed by atoms with E-state index in [1.165, 1.54) is 44.8 Å². The van der Waals surface area contributed by atoms with Crippen LogP contribution >= 0.6 is 0 Å². The molecule has 2 fully saturated rings. The second-order valence-electron chi connectivity index (χ2n) is 11.0. The molecule has 1 aromatic heterocycles. The molecule has 0 spiro atoms. The van der Waals surface area contributed by atoms with Crippen molar-refractivity contribution in [3.8, 4) is 22.5 Å². The second-order valence-corrected chi connectivity index (χ2v) is 11.0. The van der Waals surface area contributed by atoms with E-state index in [2.05, 4.69) is 41.2 Å². The SMILES string of the molecule is CCC1CCC(c2ccc(-c3cnc(-c4ccc(CC(N)C(=O)N5CC(C(=O)OC)C5)cc4)nc3)cc2)CC1. The Morgan fingerprint density at radius 2 is 1.54 bits per heavy atom. The number of aromatic nitrogens is 2. The fraction of sp³-hybridized carbons (Fsp3) is 0.438. The van der Waals surface area contributed by atoms with Crippen molar-refractivity contribution in [1.29, 1.82) is 0 Å². The van der Waals surface area contributed by atoms with Gasteiger partial charge in [-0.25, -0.2) is 9.97 Å². The maximum atomic E-state index is 12.6. The Hall–Kier alpha value is -3.58. The summed E-state index contributed by atoms with van der Waals surface area (Å²) < 4.78 is 4.73. The molecular weight excluding hydrogens is 488 g/mol. The third-order valence-corrected chi connectivity index (χ3v) is 8.50. The predicted molar refractivity (Wildman–Crippen MR) is 152 cm³/mol. The molecule has 1 atom stereocenters. The molecule has 3 aromatic rings. The molecule has 1 amide bonds. The van der Waals surface area contributed by atoms with E-state index in [4.69, 9.17) is 10.5 Å². The van der Waals surface area contributed by atoms with Crippen molar-refractivity contribution in [2.45, 2.75) is 57.4 Å². The minimum absolute atomic E-state index is 0.143. The molecule has 7 nitrogen and oxygen atoms in total. The van der Waals surface area contributed by atoms with Gasteiger partial charge in [0.1, 0.15) is 0 Å². The second kappa shape index (κ2) is 12.1. The van der Waals surface area contributed by atoms with Crippen LogP contribution in [0.2, 0.25) is 0 Å². The zero-order valence-electron chi connectivity index (χ0n) is 22.9. The lowest BCUT2D eigenvalue weighted by atomic mass is 9.78. The normalized spacial score (nSPS) is 20.2. The first kappa shape index (κ1) is 27.0. The van der Waals surface area contributed by atoms with Crippen LogP contribution in [0.4, 0.5) is 0 Å². The van der Waals surface area contributed by atoms with E-state index in [0.29, 0.717) is 31.3 Å². The molecule has 0 bridgehead atoms. The topological polar surface area (TPSA) is 98.4 Å². The quantitative estimate of drug-likeness (QED) is 0.415. The Morgan fingerprint density at radius 1 is 0.923 bits per heavy atom. The third-order valence-electron chi connectivity index (χ3n) is 8.50. The van der Waals surface area contributed by atoms with Gasteiger partial charge in [0.2, 0.25) is 5.91 Å². The number of amides is 1. The Morgan fingerprint density at radius 3 is 2.13 bits per heavy atom. The smallest absolute Gasteiger partial charge is 0.312 e. The molecule has 1 saturated carbocycles. The number of benzene rings is 2. The van der Waals surface area contributed by atoms with E-state index in [1.54, 1.807) is 4.90 Å². The highest BCUT2D eigenvalue weighted by Crippen LogP contribution is 2.37. The number of methoxy groups -OCH3 is 1.